The molecule has 0 saturated heterocycles. The first kappa shape index (κ1) is 24.6. The molecule has 0 N–H and O–H groups in total. The van der Waals surface area contributed by atoms with Crippen LogP contribution in [0.4, 0.5) is 17.1 Å². The topological polar surface area (TPSA) is 3.24 Å². The van der Waals surface area contributed by atoms with E-state index in [9.17, 15) is 0 Å². The van der Waals surface area contributed by atoms with E-state index >= 15 is 0 Å². The van der Waals surface area contributed by atoms with Crippen LogP contribution in [0.1, 0.15) is 0 Å². The highest BCUT2D eigenvalue weighted by Crippen LogP contribution is 2.48. The zero-order chi connectivity index (χ0) is 27.4. The molecule has 0 aromatic heterocycles. The number of nitrogens with zero attached hydrogens (tertiary/aromatic N) is 1. The van der Waals surface area contributed by atoms with Crippen molar-refractivity contribution in [3.63, 3.8) is 0 Å². The molecule has 41 heavy (non-hydrogen) atoms. The van der Waals surface area contributed by atoms with Crippen molar-refractivity contribution in [2.75, 3.05) is 4.90 Å². The Kier molecular flexibility index (Phi) is 6.61. The summed E-state index contributed by atoms with van der Waals surface area (Å²) in [5.41, 5.74) is 10.6. The van der Waals surface area contributed by atoms with Gasteiger partial charge in [-0.25, -0.2) is 0 Å². The van der Waals surface area contributed by atoms with Crippen molar-refractivity contribution >= 4 is 27.8 Å². The van der Waals surface area contributed by atoms with E-state index in [0.717, 1.165) is 17.1 Å². The molecule has 0 saturated carbocycles. The lowest BCUT2D eigenvalue weighted by Crippen LogP contribution is -2.12. The standard InChI is InChI=1S/C40H29N/c1-4-16-30(17-5-1)34-24-12-13-26-37(34)40-36(32-18-6-2-7-19-32)27-15-29-39(40)41(33-22-8-3-9-23-33)38-28-14-21-31-20-10-11-25-35(31)38/h1-29H. The average Bonchev–Trinajstić information content (AvgIpc) is 3.06. The van der Waals surface area contributed by atoms with Gasteiger partial charge in [-0.2, -0.15) is 0 Å². The molecule has 0 aliphatic carbocycles. The van der Waals surface area contributed by atoms with Crippen LogP contribution < -0.4 is 4.90 Å². The van der Waals surface area contributed by atoms with E-state index in [2.05, 4.69) is 181 Å². The minimum atomic E-state index is 1.12. The lowest BCUT2D eigenvalue weighted by molar-refractivity contribution is 1.30. The third-order valence-corrected chi connectivity index (χ3v) is 7.67. The van der Waals surface area contributed by atoms with Gasteiger partial charge >= 0.3 is 0 Å². The smallest absolute Gasteiger partial charge is 0.0546 e. The summed E-state index contributed by atoms with van der Waals surface area (Å²) in [5.74, 6) is 0. The van der Waals surface area contributed by atoms with Gasteiger partial charge in [0.2, 0.25) is 0 Å². The summed E-state index contributed by atoms with van der Waals surface area (Å²) in [6.45, 7) is 0. The largest absolute Gasteiger partial charge is 0.309 e. The van der Waals surface area contributed by atoms with E-state index in [-0.39, 0.29) is 0 Å². The fourth-order valence-corrected chi connectivity index (χ4v) is 5.83. The minimum absolute atomic E-state index is 1.12. The maximum absolute atomic E-state index is 2.42. The molecule has 7 rings (SSSR count). The van der Waals surface area contributed by atoms with E-state index in [0.29, 0.717) is 0 Å². The Bertz CT molecular complexity index is 1920. The van der Waals surface area contributed by atoms with Crippen molar-refractivity contribution in [2.45, 2.75) is 0 Å². The van der Waals surface area contributed by atoms with Crippen LogP contribution in [-0.2, 0) is 0 Å². The third-order valence-electron chi connectivity index (χ3n) is 7.67. The molecule has 0 amide bonds. The molecule has 0 bridgehead atoms. The lowest BCUT2D eigenvalue weighted by Gasteiger charge is -2.30. The number of hydrogen-bond acceptors (Lipinski definition) is 1. The first-order chi connectivity index (χ1) is 20.4. The Labute approximate surface area is 241 Å². The van der Waals surface area contributed by atoms with Crippen molar-refractivity contribution < 1.29 is 0 Å². The van der Waals surface area contributed by atoms with E-state index in [1.165, 1.54) is 44.2 Å². The Morgan fingerprint density at radius 3 is 1.54 bits per heavy atom. The number of rotatable bonds is 6. The van der Waals surface area contributed by atoms with Crippen molar-refractivity contribution in [1.82, 2.24) is 0 Å². The minimum Gasteiger partial charge on any atom is -0.309 e. The number of hydrogen-bond donors (Lipinski definition) is 0. The first-order valence-electron chi connectivity index (χ1n) is 14.0. The molecule has 0 aliphatic rings. The van der Waals surface area contributed by atoms with Gasteiger partial charge in [0.15, 0.2) is 0 Å². The van der Waals surface area contributed by atoms with E-state index in [1.807, 2.05) is 0 Å². The Hall–Kier alpha value is -5.40. The van der Waals surface area contributed by atoms with Crippen molar-refractivity contribution in [3.05, 3.63) is 176 Å². The SMILES string of the molecule is c1ccc(-c2ccccc2-c2c(-c3ccccc3)cccc2N(c2ccccc2)c2cccc3ccccc23)cc1. The maximum Gasteiger partial charge on any atom is 0.0546 e. The highest BCUT2D eigenvalue weighted by molar-refractivity contribution is 6.05. The highest BCUT2D eigenvalue weighted by Gasteiger charge is 2.23. The molecular formula is C40H29N. The van der Waals surface area contributed by atoms with Crippen molar-refractivity contribution in [3.8, 4) is 33.4 Å². The molecule has 1 nitrogen and oxygen atoms in total. The van der Waals surface area contributed by atoms with Crippen LogP contribution in [0.3, 0.4) is 0 Å². The zero-order valence-electron chi connectivity index (χ0n) is 22.7. The summed E-state index contributed by atoms with van der Waals surface area (Å²) in [4.78, 5) is 2.42. The zero-order valence-corrected chi connectivity index (χ0v) is 22.7. The van der Waals surface area contributed by atoms with Gasteiger partial charge in [-0.1, -0.05) is 152 Å². The molecule has 0 radical (unpaired) electrons. The van der Waals surface area contributed by atoms with Gasteiger partial charge in [-0.3, -0.25) is 0 Å². The number of benzene rings is 7. The number of fused-ring (bicyclic) bond motifs is 1. The Morgan fingerprint density at radius 1 is 0.317 bits per heavy atom. The fraction of sp³-hybridized carbons (Fsp3) is 0. The van der Waals surface area contributed by atoms with Crippen LogP contribution in [-0.4, -0.2) is 0 Å². The Balaban J connectivity index is 1.59. The quantitative estimate of drug-likeness (QED) is 0.209. The molecule has 7 aromatic rings. The summed E-state index contributed by atoms with van der Waals surface area (Å²) in [6, 6.07) is 62.9. The van der Waals surface area contributed by atoms with Gasteiger partial charge in [0, 0.05) is 16.6 Å². The molecule has 7 aromatic carbocycles. The second-order valence-electron chi connectivity index (χ2n) is 10.1. The third kappa shape index (κ3) is 4.68. The molecule has 0 unspecified atom stereocenters. The molecule has 1 heteroatoms. The predicted molar refractivity (Wildman–Crippen MR) is 175 cm³/mol. The van der Waals surface area contributed by atoms with Gasteiger partial charge < -0.3 is 4.90 Å². The lowest BCUT2D eigenvalue weighted by atomic mass is 9.87. The number of para-hydroxylation sites is 1. The van der Waals surface area contributed by atoms with E-state index < -0.39 is 0 Å². The molecule has 0 heterocycles. The maximum atomic E-state index is 2.42. The van der Waals surface area contributed by atoms with Crippen LogP contribution in [0.2, 0.25) is 0 Å². The second kappa shape index (κ2) is 11.0. The van der Waals surface area contributed by atoms with Crippen LogP contribution in [0.25, 0.3) is 44.2 Å². The summed E-state index contributed by atoms with van der Waals surface area (Å²) in [5, 5.41) is 2.43. The van der Waals surface area contributed by atoms with Gasteiger partial charge in [0.1, 0.15) is 0 Å². The monoisotopic (exact) mass is 523 g/mol. The van der Waals surface area contributed by atoms with E-state index in [1.54, 1.807) is 0 Å². The molecule has 0 fully saturated rings. The van der Waals surface area contributed by atoms with Gasteiger partial charge in [-0.05, 0) is 57.5 Å². The second-order valence-corrected chi connectivity index (χ2v) is 10.1. The van der Waals surface area contributed by atoms with Crippen molar-refractivity contribution in [1.29, 1.82) is 0 Å². The van der Waals surface area contributed by atoms with Crippen LogP contribution >= 0.6 is 0 Å². The van der Waals surface area contributed by atoms with Crippen molar-refractivity contribution in [2.24, 2.45) is 0 Å². The normalized spacial score (nSPS) is 10.9. The molecule has 194 valence electrons. The first-order valence-corrected chi connectivity index (χ1v) is 14.0. The highest BCUT2D eigenvalue weighted by atomic mass is 15.1. The summed E-state index contributed by atoms with van der Waals surface area (Å²) in [7, 11) is 0. The van der Waals surface area contributed by atoms with Gasteiger partial charge in [0.05, 0.1) is 11.4 Å². The number of anilines is 3. The molecule has 0 spiro atoms. The summed E-state index contributed by atoms with van der Waals surface area (Å²) < 4.78 is 0. The van der Waals surface area contributed by atoms with Crippen LogP contribution in [0.15, 0.2) is 176 Å². The summed E-state index contributed by atoms with van der Waals surface area (Å²) >= 11 is 0. The van der Waals surface area contributed by atoms with Gasteiger partial charge in [-0.15, -0.1) is 0 Å². The molecular weight excluding hydrogens is 494 g/mol. The fourth-order valence-electron chi connectivity index (χ4n) is 5.83. The summed E-state index contributed by atoms with van der Waals surface area (Å²) in [6.07, 6.45) is 0. The van der Waals surface area contributed by atoms with Crippen LogP contribution in [0.5, 0.6) is 0 Å². The molecule has 0 atom stereocenters. The van der Waals surface area contributed by atoms with Gasteiger partial charge in [0.25, 0.3) is 0 Å². The van der Waals surface area contributed by atoms with E-state index in [4.69, 9.17) is 0 Å². The Morgan fingerprint density at radius 2 is 0.805 bits per heavy atom. The van der Waals surface area contributed by atoms with Crippen LogP contribution in [0, 0.1) is 0 Å². The predicted octanol–water partition coefficient (Wildman–Crippen LogP) is 11.3. The average molecular weight is 524 g/mol. The molecule has 0 aliphatic heterocycles.